The fourth-order valence-electron chi connectivity index (χ4n) is 2.90. The van der Waals surface area contributed by atoms with Gasteiger partial charge in [-0.2, -0.15) is 5.10 Å². The molecule has 1 N–H and O–H groups in total. The smallest absolute Gasteiger partial charge is 0.273 e. The van der Waals surface area contributed by atoms with Crippen molar-refractivity contribution in [1.82, 2.24) is 20.2 Å². The molecule has 1 aliphatic rings. The lowest BCUT2D eigenvalue weighted by molar-refractivity contribution is -0.130. The summed E-state index contributed by atoms with van der Waals surface area (Å²) in [5.41, 5.74) is 1.61. The minimum absolute atomic E-state index is 0.0439. The van der Waals surface area contributed by atoms with E-state index in [0.29, 0.717) is 17.2 Å². The average Bonchev–Trinajstić information content (AvgIpc) is 3.39. The third kappa shape index (κ3) is 4.25. The maximum absolute atomic E-state index is 12.9. The Morgan fingerprint density at radius 2 is 2.10 bits per heavy atom. The number of nitrogens with one attached hydrogen (secondary N) is 1. The second-order valence-electron chi connectivity index (χ2n) is 6.36. The van der Waals surface area contributed by atoms with Gasteiger partial charge in [-0.3, -0.25) is 14.6 Å². The van der Waals surface area contributed by atoms with Gasteiger partial charge in [-0.05, 0) is 36.8 Å². The predicted octanol–water partition coefficient (Wildman–Crippen LogP) is 3.19. The van der Waals surface area contributed by atoms with Crippen molar-refractivity contribution in [3.8, 4) is 0 Å². The Morgan fingerprint density at radius 3 is 2.79 bits per heavy atom. The summed E-state index contributed by atoms with van der Waals surface area (Å²) in [6.45, 7) is 1.57. The van der Waals surface area contributed by atoms with Crippen molar-refractivity contribution in [3.63, 3.8) is 0 Å². The van der Waals surface area contributed by atoms with Crippen LogP contribution in [0.15, 0.2) is 62.1 Å². The summed E-state index contributed by atoms with van der Waals surface area (Å²) in [5, 5.41) is 14.6. The lowest BCUT2D eigenvalue weighted by Crippen LogP contribution is -2.28. The van der Waals surface area contributed by atoms with E-state index in [1.54, 1.807) is 31.4 Å². The monoisotopic (exact) mass is 429 g/mol. The fourth-order valence-corrected chi connectivity index (χ4v) is 3.68. The van der Waals surface area contributed by atoms with Crippen LogP contribution in [0.1, 0.15) is 29.5 Å². The first kappa shape index (κ1) is 19.4. The molecule has 0 spiro atoms. The van der Waals surface area contributed by atoms with Crippen LogP contribution in [0, 0.1) is 6.92 Å². The Kier molecular flexibility index (Phi) is 5.50. The Labute approximate surface area is 175 Å². The van der Waals surface area contributed by atoms with E-state index in [-0.39, 0.29) is 34.1 Å². The van der Waals surface area contributed by atoms with E-state index < -0.39 is 0 Å². The quantitative estimate of drug-likeness (QED) is 0.624. The van der Waals surface area contributed by atoms with Crippen LogP contribution in [0.5, 0.6) is 0 Å². The highest BCUT2D eigenvalue weighted by Crippen LogP contribution is 2.34. The maximum Gasteiger partial charge on any atom is 0.273 e. The Balaban J connectivity index is 1.55. The zero-order valence-electron chi connectivity index (χ0n) is 15.3. The number of rotatable bonds is 5. The van der Waals surface area contributed by atoms with Crippen LogP contribution in [0.25, 0.3) is 0 Å². The third-order valence-electron chi connectivity index (χ3n) is 4.39. The van der Waals surface area contributed by atoms with E-state index in [1.165, 1.54) is 5.01 Å². The highest BCUT2D eigenvalue weighted by molar-refractivity contribution is 7.99. The van der Waals surface area contributed by atoms with Gasteiger partial charge >= 0.3 is 0 Å². The van der Waals surface area contributed by atoms with Gasteiger partial charge in [-0.15, -0.1) is 10.2 Å². The lowest BCUT2D eigenvalue weighted by Gasteiger charge is -2.19. The van der Waals surface area contributed by atoms with E-state index in [9.17, 15) is 9.59 Å². The summed E-state index contributed by atoms with van der Waals surface area (Å²) in [5.74, 6) is 0.464. The summed E-state index contributed by atoms with van der Waals surface area (Å²) in [6, 6.07) is 10.6. The zero-order valence-corrected chi connectivity index (χ0v) is 16.9. The predicted molar refractivity (Wildman–Crippen MR) is 109 cm³/mol. The molecule has 2 aromatic heterocycles. The molecule has 3 heterocycles. The number of aromatic amines is 1. The van der Waals surface area contributed by atoms with E-state index in [4.69, 9.17) is 16.0 Å². The molecule has 3 aromatic rings. The molecule has 0 unspecified atom stereocenters. The molecule has 1 aromatic carbocycles. The molecule has 1 aliphatic heterocycles. The van der Waals surface area contributed by atoms with Crippen LogP contribution >= 0.6 is 23.4 Å². The van der Waals surface area contributed by atoms with Crippen LogP contribution < -0.4 is 5.56 Å². The molecule has 1 amide bonds. The first-order valence-electron chi connectivity index (χ1n) is 8.76. The molecule has 1 atom stereocenters. The van der Waals surface area contributed by atoms with Crippen molar-refractivity contribution < 1.29 is 9.21 Å². The van der Waals surface area contributed by atoms with Gasteiger partial charge in [0.25, 0.3) is 11.5 Å². The number of aromatic nitrogens is 3. The highest BCUT2D eigenvalue weighted by atomic mass is 35.5. The molecule has 29 heavy (non-hydrogen) atoms. The molecule has 0 bridgehead atoms. The van der Waals surface area contributed by atoms with E-state index in [0.717, 1.165) is 23.0 Å². The number of thioether (sulfide) groups is 1. The summed E-state index contributed by atoms with van der Waals surface area (Å²) in [7, 11) is 0. The largest absolute Gasteiger partial charge is 0.467 e. The summed E-state index contributed by atoms with van der Waals surface area (Å²) in [6.07, 6.45) is 2.09. The summed E-state index contributed by atoms with van der Waals surface area (Å²) in [4.78, 5) is 27.2. The average molecular weight is 430 g/mol. The number of nitrogens with zero attached hydrogens (tertiary/aromatic N) is 4. The number of furan rings is 1. The number of carbonyl (C=O) groups is 1. The molecular formula is C19H16ClN5O3S. The van der Waals surface area contributed by atoms with Crippen molar-refractivity contribution in [2.45, 2.75) is 24.5 Å². The second kappa shape index (κ2) is 8.22. The highest BCUT2D eigenvalue weighted by Gasteiger charge is 2.34. The molecule has 8 nitrogen and oxygen atoms in total. The van der Waals surface area contributed by atoms with E-state index in [2.05, 4.69) is 20.3 Å². The van der Waals surface area contributed by atoms with E-state index >= 15 is 0 Å². The number of hydrazone groups is 1. The van der Waals surface area contributed by atoms with Gasteiger partial charge in [0.2, 0.25) is 0 Å². The molecule has 0 saturated heterocycles. The zero-order chi connectivity index (χ0) is 20.4. The minimum Gasteiger partial charge on any atom is -0.467 e. The van der Waals surface area contributed by atoms with Crippen molar-refractivity contribution in [2.75, 3.05) is 5.75 Å². The number of amides is 1. The molecule has 0 saturated carbocycles. The number of hydrogen-bond acceptors (Lipinski definition) is 7. The number of carbonyl (C=O) groups excluding carboxylic acids is 1. The summed E-state index contributed by atoms with van der Waals surface area (Å²) < 4.78 is 5.53. The minimum atomic E-state index is -0.341. The van der Waals surface area contributed by atoms with Gasteiger partial charge in [-0.1, -0.05) is 35.5 Å². The first-order chi connectivity index (χ1) is 14.0. The van der Waals surface area contributed by atoms with Crippen LogP contribution in [0.4, 0.5) is 0 Å². The van der Waals surface area contributed by atoms with Crippen LogP contribution in [-0.2, 0) is 4.79 Å². The van der Waals surface area contributed by atoms with Gasteiger partial charge in [0.15, 0.2) is 5.16 Å². The van der Waals surface area contributed by atoms with Crippen molar-refractivity contribution in [1.29, 1.82) is 0 Å². The lowest BCUT2D eigenvalue weighted by atomic mass is 10.0. The van der Waals surface area contributed by atoms with Gasteiger partial charge < -0.3 is 4.42 Å². The number of benzene rings is 1. The first-order valence-corrected chi connectivity index (χ1v) is 10.1. The molecular weight excluding hydrogens is 414 g/mol. The second-order valence-corrected chi connectivity index (χ2v) is 7.76. The van der Waals surface area contributed by atoms with Crippen molar-refractivity contribution in [2.24, 2.45) is 5.10 Å². The number of H-pyrrole nitrogens is 1. The molecule has 148 valence electrons. The standard InChI is InChI=1S/C19H16ClN5O3S/c1-11-18(27)21-19(23-22-11)29-10-17(26)25-15(16-3-2-8-28-16)9-14(24-25)12-4-6-13(20)7-5-12/h2-8,15H,9-10H2,1H3,(H,21,23,27)/t15-/m0/s1. The Hall–Kier alpha value is -2.91. The number of aryl methyl sites for hydroxylation is 1. The number of halogens is 1. The number of hydrogen-bond donors (Lipinski definition) is 1. The van der Waals surface area contributed by atoms with Gasteiger partial charge in [-0.25, -0.2) is 5.01 Å². The Morgan fingerprint density at radius 1 is 1.31 bits per heavy atom. The third-order valence-corrected chi connectivity index (χ3v) is 5.49. The molecule has 0 radical (unpaired) electrons. The molecule has 0 aliphatic carbocycles. The van der Waals surface area contributed by atoms with Gasteiger partial charge in [0.05, 0.1) is 17.7 Å². The fraction of sp³-hybridized carbons (Fsp3) is 0.211. The van der Waals surface area contributed by atoms with Gasteiger partial charge in [0, 0.05) is 11.4 Å². The normalized spacial score (nSPS) is 16.1. The maximum atomic E-state index is 12.9. The van der Waals surface area contributed by atoms with Crippen molar-refractivity contribution in [3.05, 3.63) is 75.1 Å². The Bertz CT molecular complexity index is 1110. The SMILES string of the molecule is Cc1nnc(SCC(=O)N2N=C(c3ccc(Cl)cc3)C[C@H]2c2ccco2)[nH]c1=O. The van der Waals surface area contributed by atoms with Gasteiger partial charge in [0.1, 0.15) is 17.5 Å². The topological polar surface area (TPSA) is 104 Å². The van der Waals surface area contributed by atoms with Crippen LogP contribution in [0.2, 0.25) is 5.02 Å². The molecule has 0 fully saturated rings. The summed E-state index contributed by atoms with van der Waals surface area (Å²) >= 11 is 7.07. The van der Waals surface area contributed by atoms with Crippen LogP contribution in [0.3, 0.4) is 0 Å². The van der Waals surface area contributed by atoms with Crippen LogP contribution in [-0.4, -0.2) is 37.6 Å². The van der Waals surface area contributed by atoms with Crippen molar-refractivity contribution >= 4 is 35.0 Å². The molecule has 4 rings (SSSR count). The molecule has 10 heteroatoms. The van der Waals surface area contributed by atoms with E-state index in [1.807, 2.05) is 18.2 Å².